The molecule has 1 fully saturated rings. The number of nitrogens with one attached hydrogen (secondary N) is 1. The minimum Gasteiger partial charge on any atom is -0.339 e. The number of anilines is 1. The summed E-state index contributed by atoms with van der Waals surface area (Å²) in [5, 5.41) is 3.08. The van der Waals surface area contributed by atoms with E-state index in [0.29, 0.717) is 31.5 Å². The van der Waals surface area contributed by atoms with E-state index in [0.717, 1.165) is 23.0 Å². The number of nitrogens with zero attached hydrogens (tertiary/aromatic N) is 1. The van der Waals surface area contributed by atoms with Crippen molar-refractivity contribution in [1.82, 2.24) is 4.90 Å². The van der Waals surface area contributed by atoms with E-state index in [1.54, 1.807) is 0 Å². The zero-order valence-electron chi connectivity index (χ0n) is 15.2. The highest BCUT2D eigenvalue weighted by Crippen LogP contribution is 2.26. The van der Waals surface area contributed by atoms with Crippen molar-refractivity contribution < 1.29 is 9.59 Å². The Balaban J connectivity index is 1.32. The van der Waals surface area contributed by atoms with E-state index >= 15 is 0 Å². The van der Waals surface area contributed by atoms with Crippen molar-refractivity contribution in [2.75, 3.05) is 18.4 Å². The summed E-state index contributed by atoms with van der Waals surface area (Å²) in [6.07, 6.45) is 4.87. The molecule has 1 saturated heterocycles. The van der Waals surface area contributed by atoms with Gasteiger partial charge in [0.05, 0.1) is 0 Å². The van der Waals surface area contributed by atoms with Gasteiger partial charge in [-0.1, -0.05) is 22.0 Å². The molecule has 4 nitrogen and oxygen atoms in total. The number of halogens is 1. The predicted molar refractivity (Wildman–Crippen MR) is 110 cm³/mol. The molecule has 1 N–H and O–H groups in total. The van der Waals surface area contributed by atoms with Gasteiger partial charge in [0.25, 0.3) is 5.91 Å². The van der Waals surface area contributed by atoms with Crippen molar-refractivity contribution in [1.29, 1.82) is 0 Å². The predicted octanol–water partition coefficient (Wildman–Crippen LogP) is 4.43. The van der Waals surface area contributed by atoms with Gasteiger partial charge >= 0.3 is 0 Å². The fourth-order valence-corrected chi connectivity index (χ4v) is 4.28. The molecule has 2 aliphatic rings. The Kier molecular flexibility index (Phi) is 5.30. The van der Waals surface area contributed by atoms with Crippen molar-refractivity contribution in [3.8, 4) is 0 Å². The number of hydrogen-bond donors (Lipinski definition) is 1. The molecule has 0 saturated carbocycles. The number of fused-ring (bicyclic) bond motifs is 1. The van der Waals surface area contributed by atoms with Crippen LogP contribution >= 0.6 is 15.9 Å². The number of amides is 2. The van der Waals surface area contributed by atoms with E-state index in [9.17, 15) is 9.59 Å². The maximum atomic E-state index is 12.6. The third kappa shape index (κ3) is 4.08. The highest BCUT2D eigenvalue weighted by Gasteiger charge is 2.28. The molecule has 140 valence electrons. The Hall–Kier alpha value is -2.14. The molecule has 0 aromatic heterocycles. The van der Waals surface area contributed by atoms with Crippen molar-refractivity contribution in [2.24, 2.45) is 5.92 Å². The van der Waals surface area contributed by atoms with Crippen LogP contribution in [-0.4, -0.2) is 29.8 Å². The number of carbonyl (C=O) groups is 2. The van der Waals surface area contributed by atoms with Crippen molar-refractivity contribution in [2.45, 2.75) is 32.1 Å². The van der Waals surface area contributed by atoms with Gasteiger partial charge in [-0.2, -0.15) is 0 Å². The van der Waals surface area contributed by atoms with Gasteiger partial charge in [-0.3, -0.25) is 9.59 Å². The number of benzene rings is 2. The molecule has 0 bridgehead atoms. The first-order valence-electron chi connectivity index (χ1n) is 9.57. The fraction of sp³-hybridized carbons (Fsp3) is 0.364. The molecule has 0 radical (unpaired) electrons. The van der Waals surface area contributed by atoms with E-state index in [1.807, 2.05) is 35.2 Å². The van der Waals surface area contributed by atoms with Crippen LogP contribution in [0.2, 0.25) is 0 Å². The van der Waals surface area contributed by atoms with Crippen molar-refractivity contribution >= 4 is 33.4 Å². The second-order valence-corrected chi connectivity index (χ2v) is 8.32. The Morgan fingerprint density at radius 2 is 1.67 bits per heavy atom. The Morgan fingerprint density at radius 1 is 0.963 bits per heavy atom. The first-order valence-corrected chi connectivity index (χ1v) is 10.4. The summed E-state index contributed by atoms with van der Waals surface area (Å²) < 4.78 is 0.959. The van der Waals surface area contributed by atoms with Crippen LogP contribution in [0.4, 0.5) is 5.69 Å². The van der Waals surface area contributed by atoms with E-state index < -0.39 is 0 Å². The summed E-state index contributed by atoms with van der Waals surface area (Å²) in [5.41, 5.74) is 4.36. The number of rotatable bonds is 3. The first kappa shape index (κ1) is 18.2. The van der Waals surface area contributed by atoms with Crippen LogP contribution in [-0.2, 0) is 17.6 Å². The average molecular weight is 427 g/mol. The normalized spacial score (nSPS) is 16.9. The van der Waals surface area contributed by atoms with Crippen LogP contribution in [0, 0.1) is 5.92 Å². The van der Waals surface area contributed by atoms with Crippen LogP contribution in [0.5, 0.6) is 0 Å². The fourth-order valence-electron chi connectivity index (χ4n) is 4.01. The third-order valence-corrected chi connectivity index (χ3v) is 6.14. The van der Waals surface area contributed by atoms with Gasteiger partial charge in [-0.15, -0.1) is 0 Å². The molecule has 0 unspecified atom stereocenters. The number of carbonyl (C=O) groups excluding carboxylic acids is 2. The van der Waals surface area contributed by atoms with E-state index in [-0.39, 0.29) is 17.7 Å². The lowest BCUT2D eigenvalue weighted by Gasteiger charge is -2.31. The van der Waals surface area contributed by atoms with Gasteiger partial charge in [0.2, 0.25) is 5.91 Å². The molecule has 2 aromatic rings. The summed E-state index contributed by atoms with van der Waals surface area (Å²) in [4.78, 5) is 27.1. The maximum absolute atomic E-state index is 12.6. The average Bonchev–Trinajstić information content (AvgIpc) is 3.16. The standard InChI is InChI=1S/C22H23BrN2O2/c23-19-7-4-17(5-8-19)22(27)25-12-10-16(11-13-25)21(26)24-20-9-6-15-2-1-3-18(15)14-20/h4-9,14,16H,1-3,10-13H2,(H,24,26). The lowest BCUT2D eigenvalue weighted by atomic mass is 9.95. The van der Waals surface area contributed by atoms with E-state index in [4.69, 9.17) is 0 Å². The number of piperidine rings is 1. The largest absolute Gasteiger partial charge is 0.339 e. The molecule has 5 heteroatoms. The Labute approximate surface area is 168 Å². The molecular weight excluding hydrogens is 404 g/mol. The summed E-state index contributed by atoms with van der Waals surface area (Å²) in [6.45, 7) is 1.24. The van der Waals surface area contributed by atoms with E-state index in [1.165, 1.54) is 17.5 Å². The topological polar surface area (TPSA) is 49.4 Å². The number of aryl methyl sites for hydroxylation is 2. The van der Waals surface area contributed by atoms with Crippen molar-refractivity contribution in [3.63, 3.8) is 0 Å². The Bertz CT molecular complexity index is 855. The zero-order chi connectivity index (χ0) is 18.8. The molecule has 2 amide bonds. The van der Waals surface area contributed by atoms with Gasteiger partial charge in [-0.25, -0.2) is 0 Å². The summed E-state index contributed by atoms with van der Waals surface area (Å²) in [7, 11) is 0. The summed E-state index contributed by atoms with van der Waals surface area (Å²) in [5.74, 6) is 0.0795. The van der Waals surface area contributed by atoms with Crippen LogP contribution < -0.4 is 5.32 Å². The number of hydrogen-bond acceptors (Lipinski definition) is 2. The summed E-state index contributed by atoms with van der Waals surface area (Å²) in [6, 6.07) is 13.7. The maximum Gasteiger partial charge on any atom is 0.253 e. The second-order valence-electron chi connectivity index (χ2n) is 7.40. The van der Waals surface area contributed by atoms with Crippen LogP contribution in [0.25, 0.3) is 0 Å². The SMILES string of the molecule is O=C(Nc1ccc2c(c1)CCC2)C1CCN(C(=O)c2ccc(Br)cc2)CC1. The second kappa shape index (κ2) is 7.85. The quantitative estimate of drug-likeness (QED) is 0.788. The highest BCUT2D eigenvalue weighted by atomic mass is 79.9. The molecule has 1 heterocycles. The monoisotopic (exact) mass is 426 g/mol. The van der Waals surface area contributed by atoms with Crippen LogP contribution in [0.15, 0.2) is 46.9 Å². The molecular formula is C22H23BrN2O2. The lowest BCUT2D eigenvalue weighted by molar-refractivity contribution is -0.121. The Morgan fingerprint density at radius 3 is 2.41 bits per heavy atom. The molecule has 0 atom stereocenters. The van der Waals surface area contributed by atoms with Gasteiger partial charge < -0.3 is 10.2 Å². The van der Waals surface area contributed by atoms with Crippen molar-refractivity contribution in [3.05, 3.63) is 63.6 Å². The van der Waals surface area contributed by atoms with Crippen LogP contribution in [0.3, 0.4) is 0 Å². The molecule has 0 spiro atoms. The van der Waals surface area contributed by atoms with Crippen LogP contribution in [0.1, 0.15) is 40.7 Å². The van der Waals surface area contributed by atoms with Gasteiger partial charge in [0, 0.05) is 34.7 Å². The molecule has 27 heavy (non-hydrogen) atoms. The third-order valence-electron chi connectivity index (χ3n) is 5.61. The van der Waals surface area contributed by atoms with Gasteiger partial charge in [0.15, 0.2) is 0 Å². The van der Waals surface area contributed by atoms with Gasteiger partial charge in [-0.05, 0) is 79.6 Å². The zero-order valence-corrected chi connectivity index (χ0v) is 16.8. The number of likely N-dealkylation sites (tertiary alicyclic amines) is 1. The minimum absolute atomic E-state index is 0.0350. The lowest BCUT2D eigenvalue weighted by Crippen LogP contribution is -2.41. The molecule has 1 aliphatic carbocycles. The van der Waals surface area contributed by atoms with E-state index in [2.05, 4.69) is 33.4 Å². The summed E-state index contributed by atoms with van der Waals surface area (Å²) >= 11 is 3.39. The smallest absolute Gasteiger partial charge is 0.253 e. The van der Waals surface area contributed by atoms with Gasteiger partial charge in [0.1, 0.15) is 0 Å². The molecule has 1 aliphatic heterocycles. The molecule has 2 aromatic carbocycles. The highest BCUT2D eigenvalue weighted by molar-refractivity contribution is 9.10. The molecule has 4 rings (SSSR count). The minimum atomic E-state index is -0.0350. The first-order chi connectivity index (χ1) is 13.1.